The van der Waals surface area contributed by atoms with Gasteiger partial charge in [-0.15, -0.1) is 0 Å². The average molecular weight is 241 g/mol. The van der Waals surface area contributed by atoms with Gasteiger partial charge in [0.05, 0.1) is 0 Å². The molecule has 96 valence electrons. The van der Waals surface area contributed by atoms with Crippen LogP contribution >= 0.6 is 0 Å². The van der Waals surface area contributed by atoms with E-state index < -0.39 is 23.9 Å². The summed E-state index contributed by atoms with van der Waals surface area (Å²) in [6, 6.07) is 0. The smallest absolute Gasteiger partial charge is 0.413 e. The molecular weight excluding hydrogens is 222 g/mol. The molecule has 1 aliphatic rings. The second-order valence-electron chi connectivity index (χ2n) is 4.91. The van der Waals surface area contributed by atoms with Crippen molar-refractivity contribution >= 4 is 12.1 Å². The lowest BCUT2D eigenvalue weighted by Gasteiger charge is -2.27. The lowest BCUT2D eigenvalue weighted by atomic mass is 10.2. The van der Waals surface area contributed by atoms with Crippen LogP contribution in [0.5, 0.6) is 0 Å². The summed E-state index contributed by atoms with van der Waals surface area (Å²) in [6.07, 6.45) is 1.55. The molecule has 0 spiro atoms. The standard InChI is InChI=1S/C12H19NO4/c1-5-10(14)16-9-7-6-8-13(9)11(15)17-12(2,3)4/h5,9H,1,6-8H2,2-4H3/t9-/m1/s1. The van der Waals surface area contributed by atoms with Gasteiger partial charge in [-0.2, -0.15) is 0 Å². The highest BCUT2D eigenvalue weighted by atomic mass is 16.6. The first-order chi connectivity index (χ1) is 7.83. The fourth-order valence-electron chi connectivity index (χ4n) is 1.57. The van der Waals surface area contributed by atoms with Gasteiger partial charge >= 0.3 is 12.1 Å². The maximum absolute atomic E-state index is 11.8. The van der Waals surface area contributed by atoms with E-state index in [1.54, 1.807) is 20.8 Å². The number of ether oxygens (including phenoxy) is 2. The molecule has 17 heavy (non-hydrogen) atoms. The normalized spacial score (nSPS) is 19.9. The zero-order valence-corrected chi connectivity index (χ0v) is 10.6. The summed E-state index contributed by atoms with van der Waals surface area (Å²) in [5.41, 5.74) is -0.549. The van der Waals surface area contributed by atoms with Gasteiger partial charge in [0, 0.05) is 19.0 Å². The maximum atomic E-state index is 11.8. The molecule has 1 aliphatic heterocycles. The van der Waals surface area contributed by atoms with E-state index in [2.05, 4.69) is 6.58 Å². The van der Waals surface area contributed by atoms with E-state index in [-0.39, 0.29) is 0 Å². The zero-order valence-electron chi connectivity index (χ0n) is 10.6. The minimum Gasteiger partial charge on any atom is -0.444 e. The van der Waals surface area contributed by atoms with E-state index >= 15 is 0 Å². The van der Waals surface area contributed by atoms with Crippen molar-refractivity contribution < 1.29 is 19.1 Å². The largest absolute Gasteiger partial charge is 0.444 e. The topological polar surface area (TPSA) is 55.8 Å². The van der Waals surface area contributed by atoms with Crippen molar-refractivity contribution in [3.05, 3.63) is 12.7 Å². The van der Waals surface area contributed by atoms with E-state index in [9.17, 15) is 9.59 Å². The van der Waals surface area contributed by atoms with Crippen molar-refractivity contribution in [1.82, 2.24) is 4.90 Å². The Morgan fingerprint density at radius 3 is 2.59 bits per heavy atom. The SMILES string of the molecule is C=CC(=O)O[C@@H]1CCCN1C(=O)OC(C)(C)C. The van der Waals surface area contributed by atoms with E-state index in [0.29, 0.717) is 13.0 Å². The highest BCUT2D eigenvalue weighted by Gasteiger charge is 2.34. The number of hydrogen-bond acceptors (Lipinski definition) is 4. The lowest BCUT2D eigenvalue weighted by Crippen LogP contribution is -2.41. The Morgan fingerprint density at radius 2 is 2.06 bits per heavy atom. The summed E-state index contributed by atoms with van der Waals surface area (Å²) < 4.78 is 10.3. The van der Waals surface area contributed by atoms with Crippen molar-refractivity contribution in [2.75, 3.05) is 6.54 Å². The molecule has 0 bridgehead atoms. The first-order valence-corrected chi connectivity index (χ1v) is 5.66. The molecule has 1 saturated heterocycles. The molecule has 0 aromatic heterocycles. The molecule has 1 amide bonds. The zero-order chi connectivity index (χ0) is 13.1. The first kappa shape index (κ1) is 13.5. The Hall–Kier alpha value is -1.52. The Morgan fingerprint density at radius 1 is 1.41 bits per heavy atom. The molecule has 0 saturated carbocycles. The minimum atomic E-state index is -0.549. The molecule has 1 rings (SSSR count). The van der Waals surface area contributed by atoms with Crippen LogP contribution in [0.1, 0.15) is 33.6 Å². The number of likely N-dealkylation sites (tertiary alicyclic amines) is 1. The Bertz CT molecular complexity index is 319. The fraction of sp³-hybridized carbons (Fsp3) is 0.667. The van der Waals surface area contributed by atoms with Gasteiger partial charge in [0.2, 0.25) is 0 Å². The molecule has 0 unspecified atom stereocenters. The molecule has 1 atom stereocenters. The van der Waals surface area contributed by atoms with Gasteiger partial charge in [-0.1, -0.05) is 6.58 Å². The summed E-state index contributed by atoms with van der Waals surface area (Å²) in [4.78, 5) is 24.4. The van der Waals surface area contributed by atoms with E-state index in [1.165, 1.54) is 4.90 Å². The number of amides is 1. The van der Waals surface area contributed by atoms with Gasteiger partial charge in [-0.05, 0) is 27.2 Å². The summed E-state index contributed by atoms with van der Waals surface area (Å²) in [7, 11) is 0. The highest BCUT2D eigenvalue weighted by molar-refractivity contribution is 5.81. The van der Waals surface area contributed by atoms with Crippen LogP contribution in [-0.4, -0.2) is 35.3 Å². The van der Waals surface area contributed by atoms with Crippen molar-refractivity contribution in [3.63, 3.8) is 0 Å². The quantitative estimate of drug-likeness (QED) is 0.548. The molecule has 0 N–H and O–H groups in total. The summed E-state index contributed by atoms with van der Waals surface area (Å²) >= 11 is 0. The van der Waals surface area contributed by atoms with Gasteiger partial charge < -0.3 is 9.47 Å². The van der Waals surface area contributed by atoms with Crippen molar-refractivity contribution in [2.24, 2.45) is 0 Å². The molecule has 0 aromatic rings. The number of hydrogen-bond donors (Lipinski definition) is 0. The molecule has 1 fully saturated rings. The van der Waals surface area contributed by atoms with Gasteiger partial charge in [0.1, 0.15) is 5.60 Å². The van der Waals surface area contributed by atoms with Gasteiger partial charge in [-0.25, -0.2) is 9.59 Å². The first-order valence-electron chi connectivity index (χ1n) is 5.66. The number of carbonyl (C=O) groups excluding carboxylic acids is 2. The second-order valence-corrected chi connectivity index (χ2v) is 4.91. The third-order valence-corrected chi connectivity index (χ3v) is 2.24. The molecular formula is C12H19NO4. The van der Waals surface area contributed by atoms with Crippen LogP contribution in [0.3, 0.4) is 0 Å². The number of carbonyl (C=O) groups is 2. The van der Waals surface area contributed by atoms with Crippen LogP contribution in [0.15, 0.2) is 12.7 Å². The molecule has 0 aromatic carbocycles. The van der Waals surface area contributed by atoms with Gasteiger partial charge in [0.15, 0.2) is 6.23 Å². The Balaban J connectivity index is 2.59. The van der Waals surface area contributed by atoms with Crippen LogP contribution in [0, 0.1) is 0 Å². The number of nitrogens with zero attached hydrogens (tertiary/aromatic N) is 1. The van der Waals surface area contributed by atoms with E-state index in [0.717, 1.165) is 12.5 Å². The molecule has 5 heteroatoms. The summed E-state index contributed by atoms with van der Waals surface area (Å²) in [5.74, 6) is -0.523. The fourth-order valence-corrected chi connectivity index (χ4v) is 1.57. The van der Waals surface area contributed by atoms with Crippen molar-refractivity contribution in [1.29, 1.82) is 0 Å². The number of esters is 1. The van der Waals surface area contributed by atoms with E-state index in [4.69, 9.17) is 9.47 Å². The monoisotopic (exact) mass is 241 g/mol. The highest BCUT2D eigenvalue weighted by Crippen LogP contribution is 2.21. The van der Waals surface area contributed by atoms with Crippen LogP contribution in [0.25, 0.3) is 0 Å². The van der Waals surface area contributed by atoms with Crippen molar-refractivity contribution in [2.45, 2.75) is 45.4 Å². The summed E-state index contributed by atoms with van der Waals surface area (Å²) in [5, 5.41) is 0. The van der Waals surface area contributed by atoms with Crippen LogP contribution in [0.4, 0.5) is 4.79 Å². The Kier molecular flexibility index (Phi) is 4.15. The Labute approximate surface area is 101 Å². The molecule has 1 heterocycles. The minimum absolute atomic E-state index is 0.447. The third-order valence-electron chi connectivity index (χ3n) is 2.24. The second kappa shape index (κ2) is 5.21. The predicted molar refractivity (Wildman–Crippen MR) is 62.3 cm³/mol. The average Bonchev–Trinajstić information content (AvgIpc) is 2.63. The predicted octanol–water partition coefficient (Wildman–Crippen LogP) is 2.07. The number of rotatable bonds is 2. The van der Waals surface area contributed by atoms with Gasteiger partial charge in [0.25, 0.3) is 0 Å². The van der Waals surface area contributed by atoms with Crippen molar-refractivity contribution in [3.8, 4) is 0 Å². The van der Waals surface area contributed by atoms with E-state index in [1.807, 2.05) is 0 Å². The van der Waals surface area contributed by atoms with Crippen LogP contribution in [-0.2, 0) is 14.3 Å². The molecule has 5 nitrogen and oxygen atoms in total. The lowest BCUT2D eigenvalue weighted by molar-refractivity contribution is -0.149. The maximum Gasteiger partial charge on any atom is 0.413 e. The van der Waals surface area contributed by atoms with Gasteiger partial charge in [-0.3, -0.25) is 4.90 Å². The van der Waals surface area contributed by atoms with Crippen LogP contribution in [0.2, 0.25) is 0 Å². The summed E-state index contributed by atoms with van der Waals surface area (Å²) in [6.45, 7) is 9.26. The molecule has 0 radical (unpaired) electrons. The molecule has 0 aliphatic carbocycles. The van der Waals surface area contributed by atoms with Crippen LogP contribution < -0.4 is 0 Å². The third kappa shape index (κ3) is 4.09.